The van der Waals surface area contributed by atoms with Crippen molar-refractivity contribution in [1.29, 1.82) is 5.26 Å². The summed E-state index contributed by atoms with van der Waals surface area (Å²) in [4.78, 5) is 17.3. The third-order valence-corrected chi connectivity index (χ3v) is 5.97. The number of nitrogens with zero attached hydrogens (tertiary/aromatic N) is 2. The van der Waals surface area contributed by atoms with Gasteiger partial charge in [-0.15, -0.1) is 0 Å². The molecule has 4 aliphatic rings. The van der Waals surface area contributed by atoms with Crippen molar-refractivity contribution >= 4 is 5.78 Å². The third-order valence-electron chi connectivity index (χ3n) is 5.97. The Bertz CT molecular complexity index is 566. The fourth-order valence-electron chi connectivity index (χ4n) is 5.55. The van der Waals surface area contributed by atoms with Gasteiger partial charge in [0.25, 0.3) is 0 Å². The molecule has 1 aromatic heterocycles. The number of hydrogen-bond donors (Lipinski definition) is 0. The highest BCUT2D eigenvalue weighted by atomic mass is 16.1. The van der Waals surface area contributed by atoms with Crippen LogP contribution in [0, 0.1) is 34.5 Å². The summed E-state index contributed by atoms with van der Waals surface area (Å²) in [5.41, 5.74) is 0.561. The molecule has 21 heavy (non-hydrogen) atoms. The average molecular weight is 280 g/mol. The van der Waals surface area contributed by atoms with E-state index in [2.05, 4.69) is 11.1 Å². The van der Waals surface area contributed by atoms with Crippen molar-refractivity contribution in [2.45, 2.75) is 44.4 Å². The maximum Gasteiger partial charge on any atom is 0.160 e. The molecule has 4 saturated carbocycles. The number of carbonyl (C=O) groups excluding carboxylic acids is 1. The predicted molar refractivity (Wildman–Crippen MR) is 78.2 cm³/mol. The molecule has 0 spiro atoms. The lowest BCUT2D eigenvalue weighted by Gasteiger charge is -2.56. The van der Waals surface area contributed by atoms with E-state index in [9.17, 15) is 10.1 Å². The van der Waals surface area contributed by atoms with Crippen LogP contribution in [0.4, 0.5) is 0 Å². The summed E-state index contributed by atoms with van der Waals surface area (Å²) in [6.07, 6.45) is 10.4. The lowest BCUT2D eigenvalue weighted by atomic mass is 9.47. The zero-order valence-electron chi connectivity index (χ0n) is 12.2. The van der Waals surface area contributed by atoms with E-state index in [1.807, 2.05) is 12.1 Å². The Labute approximate surface area is 125 Å². The quantitative estimate of drug-likeness (QED) is 0.851. The third kappa shape index (κ3) is 2.00. The smallest absolute Gasteiger partial charge is 0.160 e. The number of Topliss-reactive ketones (excluding diaryl/α,β-unsaturated/α-hetero) is 1. The number of carbonyl (C=O) groups is 1. The van der Waals surface area contributed by atoms with E-state index in [0.717, 1.165) is 42.6 Å². The van der Waals surface area contributed by atoms with E-state index in [1.165, 1.54) is 19.3 Å². The van der Waals surface area contributed by atoms with Crippen LogP contribution in [0.3, 0.4) is 0 Å². The Morgan fingerprint density at radius 1 is 1.24 bits per heavy atom. The molecular formula is C18H20N2O. The van der Waals surface area contributed by atoms with Crippen molar-refractivity contribution in [2.75, 3.05) is 0 Å². The second-order valence-electron chi connectivity index (χ2n) is 7.41. The summed E-state index contributed by atoms with van der Waals surface area (Å²) in [6, 6.07) is 5.93. The molecule has 0 radical (unpaired) electrons. The van der Waals surface area contributed by atoms with E-state index in [-0.39, 0.29) is 11.2 Å². The summed E-state index contributed by atoms with van der Waals surface area (Å²) < 4.78 is 0. The van der Waals surface area contributed by atoms with Crippen molar-refractivity contribution in [2.24, 2.45) is 23.2 Å². The van der Waals surface area contributed by atoms with Gasteiger partial charge in [0.15, 0.2) is 5.78 Å². The van der Waals surface area contributed by atoms with Gasteiger partial charge in [-0.3, -0.25) is 9.78 Å². The molecule has 0 aromatic carbocycles. The van der Waals surface area contributed by atoms with E-state index in [1.54, 1.807) is 12.4 Å². The summed E-state index contributed by atoms with van der Waals surface area (Å²) in [6.45, 7) is 0. The molecule has 4 aliphatic carbocycles. The number of ketones is 1. The minimum atomic E-state index is -0.630. The summed E-state index contributed by atoms with van der Waals surface area (Å²) in [5.74, 6) is 1.74. The van der Waals surface area contributed by atoms with Crippen molar-refractivity contribution in [3.05, 3.63) is 30.1 Å². The molecule has 108 valence electrons. The highest BCUT2D eigenvalue weighted by Crippen LogP contribution is 2.61. The van der Waals surface area contributed by atoms with E-state index in [4.69, 9.17) is 0 Å². The maximum absolute atomic E-state index is 13.2. The van der Waals surface area contributed by atoms with Gasteiger partial charge in [-0.25, -0.2) is 0 Å². The highest BCUT2D eigenvalue weighted by Gasteiger charge is 2.55. The maximum atomic E-state index is 13.2. The first-order chi connectivity index (χ1) is 10.2. The molecule has 4 bridgehead atoms. The minimum absolute atomic E-state index is 0.178. The second kappa shape index (κ2) is 4.66. The van der Waals surface area contributed by atoms with Crippen LogP contribution in [0.25, 0.3) is 0 Å². The largest absolute Gasteiger partial charge is 0.297 e. The summed E-state index contributed by atoms with van der Waals surface area (Å²) >= 11 is 0. The molecule has 3 nitrogen and oxygen atoms in total. The number of rotatable bonds is 3. The van der Waals surface area contributed by atoms with Gasteiger partial charge in [-0.1, -0.05) is 6.07 Å². The first-order valence-corrected chi connectivity index (χ1v) is 8.04. The topological polar surface area (TPSA) is 53.8 Å². The van der Waals surface area contributed by atoms with Gasteiger partial charge in [-0.2, -0.15) is 5.26 Å². The van der Waals surface area contributed by atoms with Crippen LogP contribution in [-0.2, 0) is 4.79 Å². The van der Waals surface area contributed by atoms with Crippen LogP contribution in [-0.4, -0.2) is 10.8 Å². The molecule has 1 unspecified atom stereocenters. The van der Waals surface area contributed by atoms with E-state index < -0.39 is 5.92 Å². The van der Waals surface area contributed by atoms with Crippen LogP contribution in [0.15, 0.2) is 24.5 Å². The SMILES string of the molecule is N#CC(C(=O)C12CC3CC(CC(C3)C1)C2)c1cccnc1. The Morgan fingerprint density at radius 2 is 1.86 bits per heavy atom. The van der Waals surface area contributed by atoms with Crippen LogP contribution >= 0.6 is 0 Å². The highest BCUT2D eigenvalue weighted by molar-refractivity contribution is 5.93. The molecule has 5 rings (SSSR count). The molecule has 1 heterocycles. The van der Waals surface area contributed by atoms with Gasteiger partial charge in [-0.05, 0) is 67.9 Å². The van der Waals surface area contributed by atoms with E-state index >= 15 is 0 Å². The van der Waals surface area contributed by atoms with E-state index in [0.29, 0.717) is 0 Å². The molecule has 1 atom stereocenters. The number of aromatic nitrogens is 1. The average Bonchev–Trinajstić information content (AvgIpc) is 2.47. The monoisotopic (exact) mass is 280 g/mol. The predicted octanol–water partition coefficient (Wildman–Crippen LogP) is 3.47. The summed E-state index contributed by atoms with van der Waals surface area (Å²) in [7, 11) is 0. The lowest BCUT2D eigenvalue weighted by Crippen LogP contribution is -2.51. The van der Waals surface area contributed by atoms with Gasteiger partial charge in [0, 0.05) is 17.8 Å². The van der Waals surface area contributed by atoms with Crippen LogP contribution < -0.4 is 0 Å². The number of hydrogen-bond acceptors (Lipinski definition) is 3. The Balaban J connectivity index is 1.66. The van der Waals surface area contributed by atoms with Crippen molar-refractivity contribution in [3.63, 3.8) is 0 Å². The molecular weight excluding hydrogens is 260 g/mol. The molecule has 1 aromatic rings. The molecule has 0 saturated heterocycles. The van der Waals surface area contributed by atoms with Gasteiger partial charge < -0.3 is 0 Å². The number of pyridine rings is 1. The van der Waals surface area contributed by atoms with Crippen molar-refractivity contribution < 1.29 is 4.79 Å². The fourth-order valence-corrected chi connectivity index (χ4v) is 5.55. The normalized spacial score (nSPS) is 38.0. The standard InChI is InChI=1S/C18H20N2O/c19-10-16(15-2-1-3-20-11-15)17(21)18-7-12-4-13(8-18)6-14(5-12)9-18/h1-3,11-14,16H,4-9H2. The summed E-state index contributed by atoms with van der Waals surface area (Å²) in [5, 5.41) is 9.55. The zero-order chi connectivity index (χ0) is 14.4. The van der Waals surface area contributed by atoms with Gasteiger partial charge in [0.05, 0.1) is 6.07 Å². The second-order valence-corrected chi connectivity index (χ2v) is 7.41. The minimum Gasteiger partial charge on any atom is -0.297 e. The lowest BCUT2D eigenvalue weighted by molar-refractivity contribution is -0.144. The zero-order valence-corrected chi connectivity index (χ0v) is 12.2. The van der Waals surface area contributed by atoms with Crippen molar-refractivity contribution in [3.8, 4) is 6.07 Å². The number of nitriles is 1. The van der Waals surface area contributed by atoms with Crippen LogP contribution in [0.2, 0.25) is 0 Å². The van der Waals surface area contributed by atoms with Crippen LogP contribution in [0.1, 0.15) is 50.0 Å². The molecule has 0 N–H and O–H groups in total. The Hall–Kier alpha value is -1.69. The van der Waals surface area contributed by atoms with Gasteiger partial charge in [0.2, 0.25) is 0 Å². The first kappa shape index (κ1) is 13.0. The fraction of sp³-hybridized carbons (Fsp3) is 0.611. The van der Waals surface area contributed by atoms with Crippen molar-refractivity contribution in [1.82, 2.24) is 4.98 Å². The molecule has 0 aliphatic heterocycles. The Morgan fingerprint density at radius 3 is 2.33 bits per heavy atom. The molecule has 3 heteroatoms. The van der Waals surface area contributed by atoms with Crippen LogP contribution in [0.5, 0.6) is 0 Å². The van der Waals surface area contributed by atoms with Gasteiger partial charge in [0.1, 0.15) is 5.92 Å². The molecule has 4 fully saturated rings. The molecule has 0 amide bonds. The first-order valence-electron chi connectivity index (χ1n) is 8.04. The van der Waals surface area contributed by atoms with Gasteiger partial charge >= 0.3 is 0 Å². The Kier molecular flexibility index (Phi) is 2.89.